The summed E-state index contributed by atoms with van der Waals surface area (Å²) in [5.74, 6) is 0.0218. The third kappa shape index (κ3) is 4.70. The summed E-state index contributed by atoms with van der Waals surface area (Å²) in [6.45, 7) is 1.62. The molecule has 0 saturated carbocycles. The Kier molecular flexibility index (Phi) is 5.90. The number of fused-ring (bicyclic) bond motifs is 1. The summed E-state index contributed by atoms with van der Waals surface area (Å²) in [5.41, 5.74) is 1.34. The Labute approximate surface area is 183 Å². The summed E-state index contributed by atoms with van der Waals surface area (Å²) < 4.78 is 5.22. The molecule has 0 aliphatic rings. The molecule has 1 aromatic heterocycles. The highest BCUT2D eigenvalue weighted by Crippen LogP contribution is 2.28. The highest BCUT2D eigenvalue weighted by molar-refractivity contribution is 7.18. The van der Waals surface area contributed by atoms with E-state index < -0.39 is 6.04 Å². The Bertz CT molecular complexity index is 1250. The maximum Gasteiger partial charge on any atom is 0.251 e. The molecule has 1 unspecified atom stereocenters. The van der Waals surface area contributed by atoms with Gasteiger partial charge >= 0.3 is 0 Å². The van der Waals surface area contributed by atoms with E-state index in [9.17, 15) is 9.59 Å². The normalized spacial score (nSPS) is 11.7. The largest absolute Gasteiger partial charge is 0.497 e. The van der Waals surface area contributed by atoms with Crippen LogP contribution in [-0.4, -0.2) is 35.2 Å². The van der Waals surface area contributed by atoms with Crippen molar-refractivity contribution >= 4 is 39.1 Å². The minimum atomic E-state index is -0.747. The minimum Gasteiger partial charge on any atom is -0.497 e. The molecule has 7 nitrogen and oxygen atoms in total. The number of nitrogens with one attached hydrogen (secondary N) is 2. The van der Waals surface area contributed by atoms with Gasteiger partial charge in [0.1, 0.15) is 16.8 Å². The fourth-order valence-electron chi connectivity index (χ4n) is 3.04. The van der Waals surface area contributed by atoms with Crippen molar-refractivity contribution in [3.05, 3.63) is 72.3 Å². The summed E-state index contributed by atoms with van der Waals surface area (Å²) in [6, 6.07) is 19.9. The van der Waals surface area contributed by atoms with Crippen molar-refractivity contribution in [3.63, 3.8) is 0 Å². The number of amides is 2. The second-order valence-electron chi connectivity index (χ2n) is 6.89. The van der Waals surface area contributed by atoms with Gasteiger partial charge in [0, 0.05) is 11.1 Å². The lowest BCUT2D eigenvalue weighted by Gasteiger charge is -2.13. The van der Waals surface area contributed by atoms with Crippen LogP contribution in [0.2, 0.25) is 0 Å². The maximum absolute atomic E-state index is 12.6. The number of aromatic nitrogens is 2. The van der Waals surface area contributed by atoms with E-state index in [1.807, 2.05) is 54.6 Å². The van der Waals surface area contributed by atoms with Gasteiger partial charge in [0.25, 0.3) is 5.91 Å². The van der Waals surface area contributed by atoms with Gasteiger partial charge in [-0.1, -0.05) is 53.8 Å². The number of nitrogens with zero attached hydrogens (tertiary/aromatic N) is 2. The number of hydrogen-bond donors (Lipinski definition) is 2. The van der Waals surface area contributed by atoms with Gasteiger partial charge in [0.05, 0.1) is 7.11 Å². The van der Waals surface area contributed by atoms with E-state index in [1.165, 1.54) is 11.3 Å². The predicted octanol–water partition coefficient (Wildman–Crippen LogP) is 4.12. The number of hydrogen-bond acceptors (Lipinski definition) is 6. The third-order valence-electron chi connectivity index (χ3n) is 4.72. The van der Waals surface area contributed by atoms with Crippen LogP contribution in [-0.2, 0) is 4.79 Å². The molecule has 1 atom stereocenters. The number of anilines is 1. The molecule has 1 heterocycles. The monoisotopic (exact) mass is 432 g/mol. The van der Waals surface area contributed by atoms with Gasteiger partial charge in [-0.3, -0.25) is 14.9 Å². The second kappa shape index (κ2) is 8.93. The van der Waals surface area contributed by atoms with E-state index in [0.29, 0.717) is 21.5 Å². The number of methoxy groups -OCH3 is 1. The van der Waals surface area contributed by atoms with E-state index in [2.05, 4.69) is 20.8 Å². The van der Waals surface area contributed by atoms with Crippen LogP contribution in [0, 0.1) is 0 Å². The Balaban J connectivity index is 1.40. The van der Waals surface area contributed by atoms with Gasteiger partial charge in [-0.05, 0) is 42.0 Å². The van der Waals surface area contributed by atoms with Gasteiger partial charge in [-0.25, -0.2) is 0 Å². The molecule has 0 saturated heterocycles. The van der Waals surface area contributed by atoms with Crippen LogP contribution in [0.4, 0.5) is 5.13 Å². The van der Waals surface area contributed by atoms with E-state index in [-0.39, 0.29) is 11.8 Å². The molecule has 0 aliphatic carbocycles. The lowest BCUT2D eigenvalue weighted by molar-refractivity contribution is -0.117. The van der Waals surface area contributed by atoms with Crippen LogP contribution < -0.4 is 15.4 Å². The summed E-state index contributed by atoms with van der Waals surface area (Å²) >= 11 is 1.25. The number of benzene rings is 3. The van der Waals surface area contributed by atoms with Gasteiger partial charge in [0.15, 0.2) is 0 Å². The molecule has 4 rings (SSSR count). The second-order valence-corrected chi connectivity index (χ2v) is 7.87. The average molecular weight is 433 g/mol. The predicted molar refractivity (Wildman–Crippen MR) is 121 cm³/mol. The molecule has 2 N–H and O–H groups in total. The van der Waals surface area contributed by atoms with Gasteiger partial charge in [-0.2, -0.15) is 0 Å². The lowest BCUT2D eigenvalue weighted by Crippen LogP contribution is -2.41. The van der Waals surface area contributed by atoms with Crippen LogP contribution in [0.1, 0.15) is 17.3 Å². The SMILES string of the molecule is COc1cccc(-c2nnc(NC(=O)C(C)NC(=O)c3ccc4ccccc4c3)s2)c1. The van der Waals surface area contributed by atoms with E-state index in [4.69, 9.17) is 4.74 Å². The lowest BCUT2D eigenvalue weighted by atomic mass is 10.1. The van der Waals surface area contributed by atoms with Crippen molar-refractivity contribution < 1.29 is 14.3 Å². The topological polar surface area (TPSA) is 93.2 Å². The standard InChI is InChI=1S/C23H20N4O3S/c1-14(24-21(29)17-11-10-15-6-3-4-7-16(15)12-17)20(28)25-23-27-26-22(31-23)18-8-5-9-19(13-18)30-2/h3-14H,1-2H3,(H,24,29)(H,25,27,28). The molecule has 8 heteroatoms. The van der Waals surface area contributed by atoms with Crippen molar-refractivity contribution in [1.29, 1.82) is 0 Å². The first-order valence-corrected chi connectivity index (χ1v) is 10.4. The summed E-state index contributed by atoms with van der Waals surface area (Å²) in [5, 5.41) is 16.6. The van der Waals surface area contributed by atoms with Crippen molar-refractivity contribution in [2.45, 2.75) is 13.0 Å². The summed E-state index contributed by atoms with van der Waals surface area (Å²) in [4.78, 5) is 25.1. The first-order valence-electron chi connectivity index (χ1n) is 9.62. The molecular weight excluding hydrogens is 412 g/mol. The van der Waals surface area contributed by atoms with Crippen LogP contribution in [0.25, 0.3) is 21.3 Å². The Morgan fingerprint density at radius 1 is 0.968 bits per heavy atom. The molecule has 0 bridgehead atoms. The van der Waals surface area contributed by atoms with Crippen molar-refractivity contribution in [3.8, 4) is 16.3 Å². The molecule has 0 aliphatic heterocycles. The molecule has 0 spiro atoms. The van der Waals surface area contributed by atoms with E-state index >= 15 is 0 Å². The minimum absolute atomic E-state index is 0.317. The average Bonchev–Trinajstić information content (AvgIpc) is 3.27. The molecule has 0 radical (unpaired) electrons. The van der Waals surface area contributed by atoms with E-state index in [1.54, 1.807) is 26.2 Å². The Hall–Kier alpha value is -3.78. The van der Waals surface area contributed by atoms with Crippen molar-refractivity contribution in [2.24, 2.45) is 0 Å². The van der Waals surface area contributed by atoms with Crippen molar-refractivity contribution in [2.75, 3.05) is 12.4 Å². The van der Waals surface area contributed by atoms with E-state index in [0.717, 1.165) is 16.3 Å². The van der Waals surface area contributed by atoms with Crippen LogP contribution >= 0.6 is 11.3 Å². The molecular formula is C23H20N4O3S. The van der Waals surface area contributed by atoms with Gasteiger partial charge in [0.2, 0.25) is 11.0 Å². The quantitative estimate of drug-likeness (QED) is 0.478. The Morgan fingerprint density at radius 2 is 1.77 bits per heavy atom. The highest BCUT2D eigenvalue weighted by Gasteiger charge is 2.19. The zero-order chi connectivity index (χ0) is 21.8. The molecule has 0 fully saturated rings. The molecule has 3 aromatic carbocycles. The van der Waals surface area contributed by atoms with Crippen LogP contribution in [0.5, 0.6) is 5.75 Å². The zero-order valence-electron chi connectivity index (χ0n) is 17.0. The first-order chi connectivity index (χ1) is 15.0. The van der Waals surface area contributed by atoms with Crippen LogP contribution in [0.3, 0.4) is 0 Å². The molecule has 4 aromatic rings. The Morgan fingerprint density at radius 3 is 2.58 bits per heavy atom. The maximum atomic E-state index is 12.6. The van der Waals surface area contributed by atoms with Crippen LogP contribution in [0.15, 0.2) is 66.7 Å². The molecule has 2 amide bonds. The molecule has 31 heavy (non-hydrogen) atoms. The highest BCUT2D eigenvalue weighted by atomic mass is 32.1. The van der Waals surface area contributed by atoms with Gasteiger partial charge < -0.3 is 10.1 Å². The number of rotatable bonds is 6. The molecule has 156 valence electrons. The summed E-state index contributed by atoms with van der Waals surface area (Å²) in [7, 11) is 1.60. The number of carbonyl (C=O) groups is 2. The number of carbonyl (C=O) groups excluding carboxylic acids is 2. The smallest absolute Gasteiger partial charge is 0.251 e. The fraction of sp³-hybridized carbons (Fsp3) is 0.130. The van der Waals surface area contributed by atoms with Gasteiger partial charge in [-0.15, -0.1) is 10.2 Å². The third-order valence-corrected chi connectivity index (χ3v) is 5.61. The zero-order valence-corrected chi connectivity index (χ0v) is 17.8. The summed E-state index contributed by atoms with van der Waals surface area (Å²) in [6.07, 6.45) is 0. The van der Waals surface area contributed by atoms with Crippen molar-refractivity contribution in [1.82, 2.24) is 15.5 Å². The number of ether oxygens (including phenoxy) is 1. The fourth-order valence-corrected chi connectivity index (χ4v) is 3.78. The first kappa shape index (κ1) is 20.5.